The van der Waals surface area contributed by atoms with Crippen molar-refractivity contribution in [1.29, 1.82) is 0 Å². The fourth-order valence-electron chi connectivity index (χ4n) is 2.56. The van der Waals surface area contributed by atoms with E-state index in [1.807, 2.05) is 52.8 Å². The van der Waals surface area contributed by atoms with Crippen LogP contribution < -0.4 is 4.74 Å². The first-order chi connectivity index (χ1) is 11.7. The first kappa shape index (κ1) is 19.1. The van der Waals surface area contributed by atoms with Gasteiger partial charge in [-0.25, -0.2) is 4.79 Å². The summed E-state index contributed by atoms with van der Waals surface area (Å²) in [6, 6.07) is 5.93. The number of carbonyl (C=O) groups excluding carboxylic acids is 2. The van der Waals surface area contributed by atoms with Crippen LogP contribution in [0.1, 0.15) is 31.9 Å². The third-order valence-corrected chi connectivity index (χ3v) is 3.98. The molecule has 138 valence electrons. The molecule has 6 nitrogen and oxygen atoms in total. The number of aryl methyl sites for hydroxylation is 2. The minimum atomic E-state index is -0.510. The van der Waals surface area contributed by atoms with Crippen LogP contribution in [-0.4, -0.2) is 60.2 Å². The number of amides is 2. The molecule has 0 unspecified atom stereocenters. The monoisotopic (exact) mass is 348 g/mol. The van der Waals surface area contributed by atoms with Crippen LogP contribution >= 0.6 is 0 Å². The second kappa shape index (κ2) is 7.76. The van der Waals surface area contributed by atoms with Gasteiger partial charge in [-0.15, -0.1) is 0 Å². The minimum Gasteiger partial charge on any atom is -0.483 e. The van der Waals surface area contributed by atoms with E-state index in [0.29, 0.717) is 26.2 Å². The van der Waals surface area contributed by atoms with Gasteiger partial charge in [0.1, 0.15) is 11.4 Å². The third kappa shape index (κ3) is 5.66. The normalized spacial score (nSPS) is 15.1. The van der Waals surface area contributed by atoms with Crippen LogP contribution in [-0.2, 0) is 9.53 Å². The van der Waals surface area contributed by atoms with E-state index in [9.17, 15) is 9.59 Å². The van der Waals surface area contributed by atoms with Crippen LogP contribution in [0.4, 0.5) is 4.79 Å². The Morgan fingerprint density at radius 2 is 1.64 bits per heavy atom. The molecule has 0 spiro atoms. The van der Waals surface area contributed by atoms with Crippen molar-refractivity contribution in [3.8, 4) is 5.75 Å². The van der Waals surface area contributed by atoms with E-state index in [1.165, 1.54) is 0 Å². The fourth-order valence-corrected chi connectivity index (χ4v) is 2.56. The maximum absolute atomic E-state index is 12.3. The van der Waals surface area contributed by atoms with Gasteiger partial charge in [-0.05, 0) is 51.8 Å². The Morgan fingerprint density at radius 1 is 1.04 bits per heavy atom. The number of nitrogens with zero attached hydrogens (tertiary/aromatic N) is 2. The molecule has 2 amide bonds. The molecule has 1 aromatic carbocycles. The smallest absolute Gasteiger partial charge is 0.410 e. The third-order valence-electron chi connectivity index (χ3n) is 3.98. The second-order valence-corrected chi connectivity index (χ2v) is 7.41. The highest BCUT2D eigenvalue weighted by molar-refractivity contribution is 5.78. The molecule has 0 saturated carbocycles. The van der Waals surface area contributed by atoms with Gasteiger partial charge in [-0.3, -0.25) is 4.79 Å². The van der Waals surface area contributed by atoms with E-state index in [1.54, 1.807) is 9.80 Å². The molecule has 2 rings (SSSR count). The lowest BCUT2D eigenvalue weighted by Crippen LogP contribution is -2.52. The SMILES string of the molecule is Cc1ccc(C)c(OCC(=O)N2CCN(C(=O)OC(C)(C)C)CC2)c1. The fraction of sp³-hybridized carbons (Fsp3) is 0.579. The van der Waals surface area contributed by atoms with E-state index < -0.39 is 5.60 Å². The number of carbonyl (C=O) groups is 2. The maximum atomic E-state index is 12.3. The summed E-state index contributed by atoms with van der Waals surface area (Å²) < 4.78 is 11.0. The summed E-state index contributed by atoms with van der Waals surface area (Å²) in [7, 11) is 0. The predicted molar refractivity (Wildman–Crippen MR) is 95.8 cm³/mol. The first-order valence-electron chi connectivity index (χ1n) is 8.61. The Hall–Kier alpha value is -2.24. The Balaban J connectivity index is 1.81. The molecule has 1 saturated heterocycles. The second-order valence-electron chi connectivity index (χ2n) is 7.41. The molecule has 1 heterocycles. The molecule has 1 aliphatic rings. The predicted octanol–water partition coefficient (Wildman–Crippen LogP) is 2.76. The molecule has 1 aliphatic heterocycles. The minimum absolute atomic E-state index is 0.0106. The largest absolute Gasteiger partial charge is 0.483 e. The van der Waals surface area contributed by atoms with Gasteiger partial charge in [-0.1, -0.05) is 12.1 Å². The van der Waals surface area contributed by atoms with Crippen LogP contribution in [0.15, 0.2) is 18.2 Å². The zero-order valence-electron chi connectivity index (χ0n) is 15.8. The number of hydrogen-bond donors (Lipinski definition) is 0. The van der Waals surface area contributed by atoms with Crippen molar-refractivity contribution in [2.45, 2.75) is 40.2 Å². The van der Waals surface area contributed by atoms with Gasteiger partial charge in [-0.2, -0.15) is 0 Å². The summed E-state index contributed by atoms with van der Waals surface area (Å²) in [4.78, 5) is 27.8. The van der Waals surface area contributed by atoms with Crippen molar-refractivity contribution in [1.82, 2.24) is 9.80 Å². The lowest BCUT2D eigenvalue weighted by atomic mass is 10.1. The van der Waals surface area contributed by atoms with Crippen LogP contribution in [0, 0.1) is 13.8 Å². The van der Waals surface area contributed by atoms with Gasteiger partial charge in [0, 0.05) is 26.2 Å². The van der Waals surface area contributed by atoms with Crippen molar-refractivity contribution >= 4 is 12.0 Å². The van der Waals surface area contributed by atoms with E-state index >= 15 is 0 Å². The number of benzene rings is 1. The van der Waals surface area contributed by atoms with E-state index in [0.717, 1.165) is 16.9 Å². The molecule has 1 fully saturated rings. The molecular formula is C19H28N2O4. The zero-order valence-corrected chi connectivity index (χ0v) is 15.8. The highest BCUT2D eigenvalue weighted by Gasteiger charge is 2.27. The number of ether oxygens (including phenoxy) is 2. The summed E-state index contributed by atoms with van der Waals surface area (Å²) in [5.41, 5.74) is 1.59. The lowest BCUT2D eigenvalue weighted by Gasteiger charge is -2.35. The molecule has 0 aliphatic carbocycles. The summed E-state index contributed by atoms with van der Waals surface area (Å²) in [5, 5.41) is 0. The number of rotatable bonds is 3. The average Bonchev–Trinajstić information content (AvgIpc) is 2.54. The zero-order chi connectivity index (χ0) is 18.6. The van der Waals surface area contributed by atoms with Crippen molar-refractivity contribution in [3.05, 3.63) is 29.3 Å². The molecule has 6 heteroatoms. The van der Waals surface area contributed by atoms with E-state index in [4.69, 9.17) is 9.47 Å². The molecule has 0 bridgehead atoms. The Morgan fingerprint density at radius 3 is 2.24 bits per heavy atom. The maximum Gasteiger partial charge on any atom is 0.410 e. The molecule has 0 atom stereocenters. The van der Waals surface area contributed by atoms with Crippen LogP contribution in [0.3, 0.4) is 0 Å². The van der Waals surface area contributed by atoms with Gasteiger partial charge in [0.25, 0.3) is 5.91 Å². The molecule has 1 aromatic rings. The van der Waals surface area contributed by atoms with Crippen molar-refractivity contribution in [2.24, 2.45) is 0 Å². The summed E-state index contributed by atoms with van der Waals surface area (Å²) in [6.45, 7) is 11.4. The standard InChI is InChI=1S/C19H28N2O4/c1-14-6-7-15(2)16(12-14)24-13-17(22)20-8-10-21(11-9-20)18(23)25-19(3,4)5/h6-7,12H,8-11,13H2,1-5H3. The molecule has 0 N–H and O–H groups in total. The lowest BCUT2D eigenvalue weighted by molar-refractivity contribution is -0.135. The summed E-state index contributed by atoms with van der Waals surface area (Å²) in [5.74, 6) is 0.672. The van der Waals surface area contributed by atoms with Crippen molar-refractivity contribution < 1.29 is 19.1 Å². The van der Waals surface area contributed by atoms with Crippen LogP contribution in [0.2, 0.25) is 0 Å². The van der Waals surface area contributed by atoms with Gasteiger partial charge in [0.2, 0.25) is 0 Å². The Labute approximate surface area is 149 Å². The van der Waals surface area contributed by atoms with Crippen molar-refractivity contribution in [3.63, 3.8) is 0 Å². The average molecular weight is 348 g/mol. The van der Waals surface area contributed by atoms with Gasteiger partial charge in [0.05, 0.1) is 0 Å². The van der Waals surface area contributed by atoms with E-state index in [-0.39, 0.29) is 18.6 Å². The highest BCUT2D eigenvalue weighted by Crippen LogP contribution is 2.19. The van der Waals surface area contributed by atoms with E-state index in [2.05, 4.69) is 0 Å². The molecule has 25 heavy (non-hydrogen) atoms. The summed E-state index contributed by atoms with van der Waals surface area (Å²) >= 11 is 0. The van der Waals surface area contributed by atoms with Crippen LogP contribution in [0.25, 0.3) is 0 Å². The molecular weight excluding hydrogens is 320 g/mol. The summed E-state index contributed by atoms with van der Waals surface area (Å²) in [6.07, 6.45) is -0.328. The Kier molecular flexibility index (Phi) is 5.93. The quantitative estimate of drug-likeness (QED) is 0.843. The van der Waals surface area contributed by atoms with Gasteiger partial charge in [0.15, 0.2) is 6.61 Å². The van der Waals surface area contributed by atoms with Crippen LogP contribution in [0.5, 0.6) is 5.75 Å². The number of hydrogen-bond acceptors (Lipinski definition) is 4. The topological polar surface area (TPSA) is 59.1 Å². The van der Waals surface area contributed by atoms with Crippen molar-refractivity contribution in [2.75, 3.05) is 32.8 Å². The number of piperazine rings is 1. The van der Waals surface area contributed by atoms with Gasteiger partial charge < -0.3 is 19.3 Å². The first-order valence-corrected chi connectivity index (χ1v) is 8.61. The highest BCUT2D eigenvalue weighted by atomic mass is 16.6. The Bertz CT molecular complexity index is 629. The molecule has 0 aromatic heterocycles. The molecule has 0 radical (unpaired) electrons. The van der Waals surface area contributed by atoms with Gasteiger partial charge >= 0.3 is 6.09 Å².